The SMILES string of the molecule is Cc1cc(=O)[nH]c(-n2nc(-c3ccco3)cc2NC(=O)c2cc(Cl)ccc2Cl)n1. The summed E-state index contributed by atoms with van der Waals surface area (Å²) in [6.45, 7) is 1.68. The van der Waals surface area contributed by atoms with Gasteiger partial charge < -0.3 is 9.73 Å². The molecule has 8 nitrogen and oxygen atoms in total. The Morgan fingerprint density at radius 2 is 2.03 bits per heavy atom. The molecule has 0 saturated heterocycles. The van der Waals surface area contributed by atoms with E-state index in [-0.39, 0.29) is 27.9 Å². The molecule has 0 atom stereocenters. The van der Waals surface area contributed by atoms with Crippen LogP contribution in [0.2, 0.25) is 10.0 Å². The highest BCUT2D eigenvalue weighted by Gasteiger charge is 2.19. The first-order valence-corrected chi connectivity index (χ1v) is 9.15. The Morgan fingerprint density at radius 1 is 1.21 bits per heavy atom. The third-order valence-corrected chi connectivity index (χ3v) is 4.52. The molecule has 0 radical (unpaired) electrons. The Bertz CT molecular complexity index is 1260. The first-order chi connectivity index (χ1) is 13.9. The van der Waals surface area contributed by atoms with Gasteiger partial charge in [0.2, 0.25) is 5.95 Å². The van der Waals surface area contributed by atoms with Crippen LogP contribution in [0.4, 0.5) is 5.82 Å². The van der Waals surface area contributed by atoms with Crippen LogP contribution in [0, 0.1) is 6.92 Å². The predicted octanol–water partition coefficient (Wildman–Crippen LogP) is 4.08. The molecule has 0 fully saturated rings. The fraction of sp³-hybridized carbons (Fsp3) is 0.0526. The van der Waals surface area contributed by atoms with Gasteiger partial charge in [-0.1, -0.05) is 23.2 Å². The third kappa shape index (κ3) is 3.94. The molecule has 2 N–H and O–H groups in total. The predicted molar refractivity (Wildman–Crippen MR) is 109 cm³/mol. The van der Waals surface area contributed by atoms with Crippen molar-refractivity contribution in [3.8, 4) is 17.4 Å². The molecule has 3 heterocycles. The van der Waals surface area contributed by atoms with Gasteiger partial charge in [0.1, 0.15) is 11.5 Å². The minimum absolute atomic E-state index is 0.139. The van der Waals surface area contributed by atoms with Crippen molar-refractivity contribution >= 4 is 34.9 Å². The Hall–Kier alpha value is -3.36. The molecule has 4 aromatic rings. The van der Waals surface area contributed by atoms with Gasteiger partial charge in [-0.05, 0) is 37.3 Å². The van der Waals surface area contributed by atoms with Crippen LogP contribution < -0.4 is 10.9 Å². The Kier molecular flexibility index (Phi) is 4.96. The number of carbonyl (C=O) groups is 1. The lowest BCUT2D eigenvalue weighted by Crippen LogP contribution is -2.19. The van der Waals surface area contributed by atoms with Crippen LogP contribution in [0.1, 0.15) is 16.1 Å². The molecule has 0 aliphatic carbocycles. The van der Waals surface area contributed by atoms with Crippen molar-refractivity contribution in [3.05, 3.63) is 80.4 Å². The molecule has 10 heteroatoms. The van der Waals surface area contributed by atoms with Gasteiger partial charge in [-0.3, -0.25) is 14.6 Å². The molecule has 0 aliphatic heterocycles. The number of aromatic amines is 1. The number of anilines is 1. The zero-order chi connectivity index (χ0) is 20.5. The normalized spacial score (nSPS) is 10.9. The number of aromatic nitrogens is 4. The van der Waals surface area contributed by atoms with Gasteiger partial charge in [0.05, 0.1) is 16.8 Å². The lowest BCUT2D eigenvalue weighted by Gasteiger charge is -2.09. The Morgan fingerprint density at radius 3 is 2.76 bits per heavy atom. The fourth-order valence-electron chi connectivity index (χ4n) is 2.70. The van der Waals surface area contributed by atoms with Gasteiger partial charge in [0, 0.05) is 22.8 Å². The number of furan rings is 1. The van der Waals surface area contributed by atoms with Crippen LogP contribution in [-0.4, -0.2) is 25.7 Å². The van der Waals surface area contributed by atoms with E-state index in [0.29, 0.717) is 22.2 Å². The summed E-state index contributed by atoms with van der Waals surface area (Å²) in [5, 5.41) is 7.75. The maximum Gasteiger partial charge on any atom is 0.258 e. The number of benzene rings is 1. The van der Waals surface area contributed by atoms with Crippen molar-refractivity contribution in [1.29, 1.82) is 0 Å². The number of rotatable bonds is 4. The van der Waals surface area contributed by atoms with E-state index in [4.69, 9.17) is 27.6 Å². The molecule has 0 aliphatic rings. The fourth-order valence-corrected chi connectivity index (χ4v) is 3.07. The minimum Gasteiger partial charge on any atom is -0.463 e. The smallest absolute Gasteiger partial charge is 0.258 e. The van der Waals surface area contributed by atoms with Crippen molar-refractivity contribution in [2.75, 3.05) is 5.32 Å². The third-order valence-electron chi connectivity index (χ3n) is 3.96. The average Bonchev–Trinajstić information content (AvgIpc) is 3.32. The first kappa shape index (κ1) is 19.0. The number of halogens is 2. The summed E-state index contributed by atoms with van der Waals surface area (Å²) in [5.41, 5.74) is 0.774. The van der Waals surface area contributed by atoms with E-state index in [1.165, 1.54) is 29.1 Å². The van der Waals surface area contributed by atoms with Crippen molar-refractivity contribution < 1.29 is 9.21 Å². The molecule has 0 saturated carbocycles. The van der Waals surface area contributed by atoms with Crippen LogP contribution >= 0.6 is 23.2 Å². The lowest BCUT2D eigenvalue weighted by molar-refractivity contribution is 0.102. The molecule has 4 rings (SSSR count). The second-order valence-corrected chi connectivity index (χ2v) is 6.94. The van der Waals surface area contributed by atoms with E-state index in [9.17, 15) is 9.59 Å². The van der Waals surface area contributed by atoms with E-state index in [1.54, 1.807) is 31.2 Å². The topological polar surface area (TPSA) is 106 Å². The highest BCUT2D eigenvalue weighted by molar-refractivity contribution is 6.36. The summed E-state index contributed by atoms with van der Waals surface area (Å²) in [6.07, 6.45) is 1.51. The summed E-state index contributed by atoms with van der Waals surface area (Å²) in [6, 6.07) is 11.0. The Labute approximate surface area is 174 Å². The number of hydrogen-bond donors (Lipinski definition) is 2. The molecule has 1 amide bonds. The number of nitrogens with one attached hydrogen (secondary N) is 2. The van der Waals surface area contributed by atoms with Crippen molar-refractivity contribution in [2.45, 2.75) is 6.92 Å². The second kappa shape index (κ2) is 7.57. The molecular formula is C19H13Cl2N5O3. The standard InChI is InChI=1S/C19H13Cl2N5O3/c1-10-7-17(27)24-19(22-10)26-16(9-14(25-26)15-3-2-6-29-15)23-18(28)12-8-11(20)4-5-13(12)21/h2-9H,1H3,(H,23,28)(H,22,24,27). The maximum atomic E-state index is 12.8. The lowest BCUT2D eigenvalue weighted by atomic mass is 10.2. The number of carbonyl (C=O) groups excluding carboxylic acids is 1. The van der Waals surface area contributed by atoms with Gasteiger partial charge in [-0.25, -0.2) is 4.98 Å². The Balaban J connectivity index is 1.80. The molecule has 0 bridgehead atoms. The zero-order valence-corrected chi connectivity index (χ0v) is 16.5. The molecule has 3 aromatic heterocycles. The van der Waals surface area contributed by atoms with Crippen molar-refractivity contribution in [3.63, 3.8) is 0 Å². The van der Waals surface area contributed by atoms with E-state index in [0.717, 1.165) is 0 Å². The molecule has 146 valence electrons. The highest BCUT2D eigenvalue weighted by Crippen LogP contribution is 2.26. The monoisotopic (exact) mass is 429 g/mol. The number of H-pyrrole nitrogens is 1. The summed E-state index contributed by atoms with van der Waals surface area (Å²) in [4.78, 5) is 31.6. The van der Waals surface area contributed by atoms with Crippen LogP contribution in [-0.2, 0) is 0 Å². The van der Waals surface area contributed by atoms with Crippen LogP contribution in [0.3, 0.4) is 0 Å². The molecular weight excluding hydrogens is 417 g/mol. The van der Waals surface area contributed by atoms with Gasteiger partial charge in [-0.2, -0.15) is 9.78 Å². The van der Waals surface area contributed by atoms with E-state index < -0.39 is 5.91 Å². The maximum absolute atomic E-state index is 12.8. The molecule has 0 spiro atoms. The van der Waals surface area contributed by atoms with E-state index >= 15 is 0 Å². The summed E-state index contributed by atoms with van der Waals surface area (Å²) >= 11 is 12.1. The summed E-state index contributed by atoms with van der Waals surface area (Å²) < 4.78 is 6.68. The van der Waals surface area contributed by atoms with Crippen molar-refractivity contribution in [1.82, 2.24) is 19.7 Å². The average molecular weight is 430 g/mol. The number of hydrogen-bond acceptors (Lipinski definition) is 5. The van der Waals surface area contributed by atoms with E-state index in [2.05, 4.69) is 20.4 Å². The second-order valence-electron chi connectivity index (χ2n) is 6.09. The highest BCUT2D eigenvalue weighted by atomic mass is 35.5. The quantitative estimate of drug-likeness (QED) is 0.508. The van der Waals surface area contributed by atoms with Crippen LogP contribution in [0.25, 0.3) is 17.4 Å². The first-order valence-electron chi connectivity index (χ1n) is 8.39. The van der Waals surface area contributed by atoms with Gasteiger partial charge in [0.15, 0.2) is 5.76 Å². The summed E-state index contributed by atoms with van der Waals surface area (Å²) in [7, 11) is 0. The van der Waals surface area contributed by atoms with Crippen LogP contribution in [0.5, 0.6) is 0 Å². The van der Waals surface area contributed by atoms with Crippen LogP contribution in [0.15, 0.2) is 57.9 Å². The number of nitrogens with zero attached hydrogens (tertiary/aromatic N) is 3. The van der Waals surface area contributed by atoms with Crippen molar-refractivity contribution in [2.24, 2.45) is 0 Å². The molecule has 29 heavy (non-hydrogen) atoms. The molecule has 0 unspecified atom stereocenters. The van der Waals surface area contributed by atoms with Gasteiger partial charge in [-0.15, -0.1) is 0 Å². The summed E-state index contributed by atoms with van der Waals surface area (Å²) in [5.74, 6) is 0.376. The van der Waals surface area contributed by atoms with Gasteiger partial charge >= 0.3 is 0 Å². The zero-order valence-electron chi connectivity index (χ0n) is 14.9. The largest absolute Gasteiger partial charge is 0.463 e. The van der Waals surface area contributed by atoms with Gasteiger partial charge in [0.25, 0.3) is 11.5 Å². The van der Waals surface area contributed by atoms with E-state index in [1.807, 2.05) is 0 Å². The number of amides is 1. The number of aryl methyl sites for hydroxylation is 1. The minimum atomic E-state index is -0.500. The molecule has 1 aromatic carbocycles.